The maximum Gasteiger partial charge on any atom is 0.264 e. The van der Waals surface area contributed by atoms with E-state index in [1.54, 1.807) is 30.3 Å². The zero-order valence-electron chi connectivity index (χ0n) is 18.4. The minimum absolute atomic E-state index is 0.172. The van der Waals surface area contributed by atoms with Crippen LogP contribution in [0.25, 0.3) is 0 Å². The number of hydrogen-bond donors (Lipinski definition) is 1. The molecule has 0 spiro atoms. The van der Waals surface area contributed by atoms with Gasteiger partial charge in [-0.05, 0) is 35.7 Å². The third kappa shape index (κ3) is 3.76. The normalized spacial score (nSPS) is 18.5. The zero-order chi connectivity index (χ0) is 23.0. The van der Waals surface area contributed by atoms with Gasteiger partial charge < -0.3 is 19.5 Å². The minimum atomic E-state index is -1.91. The van der Waals surface area contributed by atoms with E-state index in [0.29, 0.717) is 28.3 Å². The first-order valence-electron chi connectivity index (χ1n) is 11.1. The number of rotatable bonds is 7. The third-order valence-electron chi connectivity index (χ3n) is 6.25. The first-order chi connectivity index (χ1) is 16.0. The smallest absolute Gasteiger partial charge is 0.264 e. The van der Waals surface area contributed by atoms with Gasteiger partial charge in [0.15, 0.2) is 22.9 Å². The molecule has 1 atom stereocenters. The van der Waals surface area contributed by atoms with Gasteiger partial charge in [0.2, 0.25) is 6.79 Å². The van der Waals surface area contributed by atoms with Gasteiger partial charge in [-0.2, -0.15) is 0 Å². The van der Waals surface area contributed by atoms with Crippen molar-refractivity contribution in [2.45, 2.75) is 38.3 Å². The van der Waals surface area contributed by atoms with Gasteiger partial charge in [0.25, 0.3) is 5.91 Å². The average Bonchev–Trinajstić information content (AvgIpc) is 3.37. The van der Waals surface area contributed by atoms with Crippen molar-refractivity contribution in [3.05, 3.63) is 89.0 Å². The average molecular weight is 443 g/mol. The molecule has 0 radical (unpaired) electrons. The molecule has 2 heterocycles. The Morgan fingerprint density at radius 3 is 2.52 bits per heavy atom. The van der Waals surface area contributed by atoms with Crippen LogP contribution in [0.4, 0.5) is 5.69 Å². The number of Topliss-reactive ketones (excluding diaryl/α,β-unsaturated/α-hetero) is 1. The molecule has 2 aliphatic rings. The largest absolute Gasteiger partial charge is 0.454 e. The summed E-state index contributed by atoms with van der Waals surface area (Å²) >= 11 is 0. The molecule has 0 bridgehead atoms. The molecule has 168 valence electrons. The van der Waals surface area contributed by atoms with E-state index in [0.717, 1.165) is 24.0 Å². The van der Waals surface area contributed by atoms with Gasteiger partial charge >= 0.3 is 0 Å². The molecular weight excluding hydrogens is 418 g/mol. The molecule has 1 N–H and O–H groups in total. The molecule has 0 aromatic heterocycles. The van der Waals surface area contributed by atoms with E-state index in [1.165, 1.54) is 4.90 Å². The molecule has 3 aromatic carbocycles. The highest BCUT2D eigenvalue weighted by molar-refractivity contribution is 6.10. The minimum Gasteiger partial charge on any atom is -0.454 e. The summed E-state index contributed by atoms with van der Waals surface area (Å²) in [7, 11) is 0. The number of aliphatic hydroxyl groups is 1. The fourth-order valence-corrected chi connectivity index (χ4v) is 4.54. The first kappa shape index (κ1) is 21.2. The van der Waals surface area contributed by atoms with Gasteiger partial charge in [0, 0.05) is 11.1 Å². The number of ketones is 1. The fourth-order valence-electron chi connectivity index (χ4n) is 4.54. The zero-order valence-corrected chi connectivity index (χ0v) is 18.4. The third-order valence-corrected chi connectivity index (χ3v) is 6.25. The van der Waals surface area contributed by atoms with Crippen LogP contribution in [0.3, 0.4) is 0 Å². The van der Waals surface area contributed by atoms with Crippen LogP contribution >= 0.6 is 0 Å². The number of amides is 1. The van der Waals surface area contributed by atoms with E-state index in [2.05, 4.69) is 6.92 Å². The van der Waals surface area contributed by atoms with Crippen molar-refractivity contribution < 1.29 is 24.2 Å². The Morgan fingerprint density at radius 2 is 1.73 bits per heavy atom. The quantitative estimate of drug-likeness (QED) is 0.549. The van der Waals surface area contributed by atoms with E-state index < -0.39 is 11.5 Å². The summed E-state index contributed by atoms with van der Waals surface area (Å²) in [5, 5.41) is 11.5. The van der Waals surface area contributed by atoms with Crippen molar-refractivity contribution >= 4 is 17.4 Å². The summed E-state index contributed by atoms with van der Waals surface area (Å²) in [4.78, 5) is 28.1. The van der Waals surface area contributed by atoms with E-state index in [-0.39, 0.29) is 25.5 Å². The monoisotopic (exact) mass is 443 g/mol. The summed E-state index contributed by atoms with van der Waals surface area (Å²) < 4.78 is 10.8. The molecule has 2 aliphatic heterocycles. The lowest BCUT2D eigenvalue weighted by Crippen LogP contribution is -2.41. The molecule has 1 amide bonds. The molecule has 0 fully saturated rings. The fraction of sp³-hybridized carbons (Fsp3) is 0.259. The number of nitrogens with zero attached hydrogens (tertiary/aromatic N) is 1. The van der Waals surface area contributed by atoms with Crippen LogP contribution in [-0.4, -0.2) is 23.6 Å². The van der Waals surface area contributed by atoms with Crippen LogP contribution in [0.15, 0.2) is 66.7 Å². The predicted molar refractivity (Wildman–Crippen MR) is 123 cm³/mol. The van der Waals surface area contributed by atoms with Gasteiger partial charge in [-0.3, -0.25) is 9.59 Å². The highest BCUT2D eigenvalue weighted by atomic mass is 16.7. The van der Waals surface area contributed by atoms with Gasteiger partial charge in [0.1, 0.15) is 0 Å². The number of para-hydroxylation sites is 1. The van der Waals surface area contributed by atoms with Gasteiger partial charge in [-0.25, -0.2) is 0 Å². The second-order valence-electron chi connectivity index (χ2n) is 8.50. The molecular formula is C27H25NO5. The standard InChI is InChI=1S/C27H25NO5/c1-2-5-18-8-11-20(12-9-18)23(29)15-27(31)21-6-3-4-7-22(21)28(26(27)30)16-19-10-13-24-25(14-19)33-17-32-24/h3-4,6-14,31H,2,5,15-17H2,1H3. The molecule has 1 unspecified atom stereocenters. The number of benzene rings is 3. The van der Waals surface area contributed by atoms with E-state index in [1.807, 2.05) is 36.4 Å². The van der Waals surface area contributed by atoms with Crippen LogP contribution in [-0.2, 0) is 23.4 Å². The van der Waals surface area contributed by atoms with Crippen LogP contribution in [0, 0.1) is 0 Å². The summed E-state index contributed by atoms with van der Waals surface area (Å²) in [6.45, 7) is 2.52. The Balaban J connectivity index is 1.42. The SMILES string of the molecule is CCCc1ccc(C(=O)CC2(O)C(=O)N(Cc3ccc4c(c3)OCO4)c3ccccc32)cc1. The predicted octanol–water partition coefficient (Wildman–Crippen LogP) is 4.38. The molecule has 0 aliphatic carbocycles. The highest BCUT2D eigenvalue weighted by Crippen LogP contribution is 2.44. The van der Waals surface area contributed by atoms with Crippen molar-refractivity contribution in [3.63, 3.8) is 0 Å². The van der Waals surface area contributed by atoms with Crippen molar-refractivity contribution in [2.24, 2.45) is 0 Å². The lowest BCUT2D eigenvalue weighted by molar-refractivity contribution is -0.136. The summed E-state index contributed by atoms with van der Waals surface area (Å²) in [5.74, 6) is 0.522. The van der Waals surface area contributed by atoms with Crippen LogP contribution in [0.1, 0.15) is 46.8 Å². The number of hydrogen-bond acceptors (Lipinski definition) is 5. The second-order valence-corrected chi connectivity index (χ2v) is 8.50. The maximum absolute atomic E-state index is 13.5. The highest BCUT2D eigenvalue weighted by Gasteiger charge is 2.50. The summed E-state index contributed by atoms with van der Waals surface area (Å²) in [6.07, 6.45) is 1.66. The second kappa shape index (κ2) is 8.37. The van der Waals surface area contributed by atoms with E-state index >= 15 is 0 Å². The van der Waals surface area contributed by atoms with Crippen molar-refractivity contribution in [1.29, 1.82) is 0 Å². The molecule has 6 nitrogen and oxygen atoms in total. The Morgan fingerprint density at radius 1 is 1.00 bits per heavy atom. The molecule has 6 heteroatoms. The Hall–Kier alpha value is -3.64. The van der Waals surface area contributed by atoms with Gasteiger partial charge in [-0.15, -0.1) is 0 Å². The Bertz CT molecular complexity index is 1220. The molecule has 3 aromatic rings. The van der Waals surface area contributed by atoms with E-state index in [4.69, 9.17) is 9.47 Å². The molecule has 0 saturated heterocycles. The van der Waals surface area contributed by atoms with Crippen molar-refractivity contribution in [1.82, 2.24) is 0 Å². The van der Waals surface area contributed by atoms with Crippen molar-refractivity contribution in [3.8, 4) is 11.5 Å². The van der Waals surface area contributed by atoms with Gasteiger partial charge in [0.05, 0.1) is 18.7 Å². The topological polar surface area (TPSA) is 76.1 Å². The number of fused-ring (bicyclic) bond motifs is 2. The van der Waals surface area contributed by atoms with E-state index in [9.17, 15) is 14.7 Å². The lowest BCUT2D eigenvalue weighted by Gasteiger charge is -2.23. The number of anilines is 1. The maximum atomic E-state index is 13.5. The number of carbonyl (C=O) groups is 2. The molecule has 5 rings (SSSR count). The number of ether oxygens (including phenoxy) is 2. The Labute approximate surface area is 192 Å². The van der Waals surface area contributed by atoms with Crippen molar-refractivity contribution in [2.75, 3.05) is 11.7 Å². The van der Waals surface area contributed by atoms with Crippen LogP contribution in [0.5, 0.6) is 11.5 Å². The van der Waals surface area contributed by atoms with Gasteiger partial charge in [-0.1, -0.05) is 61.9 Å². The Kier molecular flexibility index (Phi) is 5.38. The number of carbonyl (C=O) groups excluding carboxylic acids is 2. The van der Waals surface area contributed by atoms with Crippen LogP contribution < -0.4 is 14.4 Å². The summed E-state index contributed by atoms with van der Waals surface area (Å²) in [5.41, 5.74) is 1.63. The number of aryl methyl sites for hydroxylation is 1. The molecule has 0 saturated carbocycles. The first-order valence-corrected chi connectivity index (χ1v) is 11.1. The van der Waals surface area contributed by atoms with Crippen LogP contribution in [0.2, 0.25) is 0 Å². The summed E-state index contributed by atoms with van der Waals surface area (Å²) in [6, 6.07) is 20.0. The molecule has 33 heavy (non-hydrogen) atoms. The lowest BCUT2D eigenvalue weighted by atomic mass is 9.88.